The maximum Gasteiger partial charge on any atom is 0.410 e. The number of benzene rings is 1. The van der Waals surface area contributed by atoms with Gasteiger partial charge in [-0.2, -0.15) is 0 Å². The molecule has 4 amide bonds. The molecule has 2 saturated heterocycles. The summed E-state index contributed by atoms with van der Waals surface area (Å²) in [5, 5.41) is 5.96. The summed E-state index contributed by atoms with van der Waals surface area (Å²) in [6, 6.07) is 6.09. The minimum atomic E-state index is -0.892. The third-order valence-electron chi connectivity index (χ3n) is 9.08. The number of anilines is 1. The first-order chi connectivity index (χ1) is 18.4. The second-order valence-electron chi connectivity index (χ2n) is 13.4. The molecule has 5 aliphatic rings. The van der Waals surface area contributed by atoms with Crippen molar-refractivity contribution < 1.29 is 23.9 Å². The van der Waals surface area contributed by atoms with Crippen molar-refractivity contribution in [3.8, 4) is 0 Å². The van der Waals surface area contributed by atoms with Crippen molar-refractivity contribution in [2.24, 2.45) is 17.1 Å². The lowest BCUT2D eigenvalue weighted by Crippen LogP contribution is -2.56. The Balaban J connectivity index is 1.20. The van der Waals surface area contributed by atoms with E-state index < -0.39 is 35.4 Å². The molecule has 3 heterocycles. The molecule has 210 valence electrons. The fourth-order valence-corrected chi connectivity index (χ4v) is 6.63. The van der Waals surface area contributed by atoms with Crippen LogP contribution in [0.25, 0.3) is 0 Å². The monoisotopic (exact) mass is 537 g/mol. The van der Waals surface area contributed by atoms with Crippen LogP contribution in [0.3, 0.4) is 0 Å². The maximum atomic E-state index is 14.0. The molecule has 10 heteroatoms. The van der Waals surface area contributed by atoms with Crippen LogP contribution in [-0.4, -0.2) is 70.6 Å². The smallest absolute Gasteiger partial charge is 0.410 e. The average Bonchev–Trinajstić information content (AvgIpc) is 3.73. The van der Waals surface area contributed by atoms with E-state index in [1.807, 2.05) is 45.0 Å². The summed E-state index contributed by atoms with van der Waals surface area (Å²) in [6.07, 6.45) is 4.27. The summed E-state index contributed by atoms with van der Waals surface area (Å²) in [5.74, 6) is -0.372. The largest absolute Gasteiger partial charge is 0.444 e. The van der Waals surface area contributed by atoms with E-state index >= 15 is 0 Å². The van der Waals surface area contributed by atoms with E-state index in [9.17, 15) is 19.2 Å². The molecule has 2 aliphatic carbocycles. The quantitative estimate of drug-likeness (QED) is 0.528. The fraction of sp³-hybridized carbons (Fsp3) is 0.655. The summed E-state index contributed by atoms with van der Waals surface area (Å²) in [7, 11) is 0. The SMILES string of the molecule is CC(C)(C)OC(=O)N1CC2(CC2)C[C@H]1C(=O)N[C@@H](CC1CC1)C(=O)N1C[C@]2(C[C@H]1N)C(=O)Nc1ccccc12. The molecule has 6 rings (SSSR count). The second-order valence-corrected chi connectivity index (χ2v) is 13.4. The molecule has 4 fully saturated rings. The zero-order valence-corrected chi connectivity index (χ0v) is 23.0. The Kier molecular flexibility index (Phi) is 5.98. The van der Waals surface area contributed by atoms with Gasteiger partial charge in [0.1, 0.15) is 17.7 Å². The van der Waals surface area contributed by atoms with Gasteiger partial charge < -0.3 is 26.0 Å². The predicted octanol–water partition coefficient (Wildman–Crippen LogP) is 2.47. The van der Waals surface area contributed by atoms with Gasteiger partial charge in [0.25, 0.3) is 0 Å². The maximum absolute atomic E-state index is 14.0. The number of hydrogen-bond acceptors (Lipinski definition) is 6. The predicted molar refractivity (Wildman–Crippen MR) is 143 cm³/mol. The third kappa shape index (κ3) is 4.77. The van der Waals surface area contributed by atoms with Gasteiger partial charge in [0.2, 0.25) is 17.7 Å². The summed E-state index contributed by atoms with van der Waals surface area (Å²) < 4.78 is 5.62. The van der Waals surface area contributed by atoms with Crippen LogP contribution in [0, 0.1) is 11.3 Å². The van der Waals surface area contributed by atoms with Gasteiger partial charge in [-0.1, -0.05) is 31.0 Å². The van der Waals surface area contributed by atoms with E-state index in [0.717, 1.165) is 36.9 Å². The van der Waals surface area contributed by atoms with E-state index in [0.29, 0.717) is 31.7 Å². The molecule has 39 heavy (non-hydrogen) atoms. The van der Waals surface area contributed by atoms with Crippen LogP contribution in [-0.2, 0) is 24.5 Å². The minimum Gasteiger partial charge on any atom is -0.444 e. The highest BCUT2D eigenvalue weighted by atomic mass is 16.6. The second kappa shape index (κ2) is 8.94. The molecule has 0 aromatic heterocycles. The molecule has 1 aromatic carbocycles. The number of hydrogen-bond donors (Lipinski definition) is 3. The van der Waals surface area contributed by atoms with Gasteiger partial charge >= 0.3 is 6.09 Å². The van der Waals surface area contributed by atoms with Gasteiger partial charge in [-0.25, -0.2) is 4.79 Å². The highest BCUT2D eigenvalue weighted by molar-refractivity contribution is 6.07. The standard InChI is InChI=1S/C29H39N5O5/c1-27(2,3)39-26(38)33-15-28(10-11-28)13-21(33)23(35)31-20(12-17-8-9-17)24(36)34-16-29(14-22(34)30)18-6-4-5-7-19(18)32-25(29)37/h4-7,17,20-22H,8-16,30H2,1-3H3,(H,31,35)(H,32,37)/t20-,21-,22-,29-/m0/s1. The van der Waals surface area contributed by atoms with Gasteiger partial charge in [0.05, 0.1) is 11.6 Å². The minimum absolute atomic E-state index is 0.0260. The Hall–Kier alpha value is -3.14. The summed E-state index contributed by atoms with van der Waals surface area (Å²) in [4.78, 5) is 56.9. The van der Waals surface area contributed by atoms with Crippen molar-refractivity contribution in [2.45, 2.75) is 95.0 Å². The van der Waals surface area contributed by atoms with Gasteiger partial charge in [-0.05, 0) is 69.4 Å². The summed E-state index contributed by atoms with van der Waals surface area (Å²) in [6.45, 7) is 6.09. The molecule has 0 radical (unpaired) electrons. The third-order valence-corrected chi connectivity index (χ3v) is 9.08. The Morgan fingerprint density at radius 2 is 1.85 bits per heavy atom. The number of nitrogens with one attached hydrogen (secondary N) is 2. The topological polar surface area (TPSA) is 134 Å². The summed E-state index contributed by atoms with van der Waals surface area (Å²) in [5.41, 5.74) is 6.52. The van der Waals surface area contributed by atoms with Crippen LogP contribution in [0.4, 0.5) is 10.5 Å². The molecule has 2 saturated carbocycles. The van der Waals surface area contributed by atoms with Crippen LogP contribution in [0.1, 0.15) is 71.3 Å². The Labute approximate surface area is 229 Å². The number of nitrogens with two attached hydrogens (primary N) is 1. The van der Waals surface area contributed by atoms with E-state index in [1.54, 1.807) is 9.80 Å². The number of para-hydroxylation sites is 1. The zero-order valence-electron chi connectivity index (χ0n) is 23.0. The molecular formula is C29H39N5O5. The molecule has 10 nitrogen and oxygen atoms in total. The number of ether oxygens (including phenoxy) is 1. The highest BCUT2D eigenvalue weighted by Crippen LogP contribution is 2.55. The number of likely N-dealkylation sites (tertiary alicyclic amines) is 2. The first-order valence-corrected chi connectivity index (χ1v) is 14.2. The number of nitrogens with zero attached hydrogens (tertiary/aromatic N) is 2. The molecule has 1 aromatic rings. The van der Waals surface area contributed by atoms with E-state index in [2.05, 4.69) is 10.6 Å². The van der Waals surface area contributed by atoms with Gasteiger partial charge in [-0.3, -0.25) is 19.3 Å². The number of carbonyl (C=O) groups is 4. The van der Waals surface area contributed by atoms with Crippen LogP contribution < -0.4 is 16.4 Å². The van der Waals surface area contributed by atoms with E-state index in [-0.39, 0.29) is 29.7 Å². The van der Waals surface area contributed by atoms with Gasteiger partial charge in [-0.15, -0.1) is 0 Å². The number of carbonyl (C=O) groups excluding carboxylic acids is 4. The van der Waals surface area contributed by atoms with Gasteiger partial charge in [0, 0.05) is 25.2 Å². The van der Waals surface area contributed by atoms with Gasteiger partial charge in [0.15, 0.2) is 0 Å². The normalized spacial score (nSPS) is 29.4. The summed E-state index contributed by atoms with van der Waals surface area (Å²) >= 11 is 0. The number of rotatable bonds is 5. The molecule has 3 aliphatic heterocycles. The van der Waals surface area contributed by atoms with Crippen molar-refractivity contribution in [1.29, 1.82) is 0 Å². The fourth-order valence-electron chi connectivity index (χ4n) is 6.63. The molecule has 4 atom stereocenters. The number of amides is 4. The zero-order chi connectivity index (χ0) is 27.7. The lowest BCUT2D eigenvalue weighted by Gasteiger charge is -2.31. The number of fused-ring (bicyclic) bond motifs is 2. The first-order valence-electron chi connectivity index (χ1n) is 14.2. The molecular weight excluding hydrogens is 498 g/mol. The Morgan fingerprint density at radius 3 is 2.51 bits per heavy atom. The molecule has 0 unspecified atom stereocenters. The van der Waals surface area contributed by atoms with Crippen molar-refractivity contribution in [2.75, 3.05) is 18.4 Å². The van der Waals surface area contributed by atoms with E-state index in [4.69, 9.17) is 10.5 Å². The lowest BCUT2D eigenvalue weighted by atomic mass is 9.80. The highest BCUT2D eigenvalue weighted by Gasteiger charge is 2.58. The van der Waals surface area contributed by atoms with Crippen molar-refractivity contribution >= 4 is 29.5 Å². The van der Waals surface area contributed by atoms with Crippen molar-refractivity contribution in [3.05, 3.63) is 29.8 Å². The van der Waals surface area contributed by atoms with Crippen LogP contribution in [0.15, 0.2) is 24.3 Å². The van der Waals surface area contributed by atoms with Crippen LogP contribution in [0.5, 0.6) is 0 Å². The van der Waals surface area contributed by atoms with Crippen molar-refractivity contribution in [3.63, 3.8) is 0 Å². The molecule has 0 bridgehead atoms. The van der Waals surface area contributed by atoms with Crippen LogP contribution >= 0.6 is 0 Å². The van der Waals surface area contributed by atoms with Crippen LogP contribution in [0.2, 0.25) is 0 Å². The first kappa shape index (κ1) is 26.1. The lowest BCUT2D eigenvalue weighted by molar-refractivity contribution is -0.138. The molecule has 4 N–H and O–H groups in total. The van der Waals surface area contributed by atoms with E-state index in [1.165, 1.54) is 0 Å². The average molecular weight is 538 g/mol. The Bertz CT molecular complexity index is 1220. The van der Waals surface area contributed by atoms with Crippen molar-refractivity contribution in [1.82, 2.24) is 15.1 Å². The molecule has 2 spiro atoms. The Morgan fingerprint density at radius 1 is 1.13 bits per heavy atom.